The molecular weight excluding hydrogens is 426 g/mol. The maximum Gasteiger partial charge on any atom is 0.336 e. The Balaban J connectivity index is 1.79. The Morgan fingerprint density at radius 3 is 2.45 bits per heavy atom. The second-order valence-electron chi connectivity index (χ2n) is 7.16. The molecule has 0 spiro atoms. The van der Waals surface area contributed by atoms with Crippen LogP contribution in [0.15, 0.2) is 63.9 Å². The number of hydrogen-bond donors (Lipinski definition) is 4. The van der Waals surface area contributed by atoms with Gasteiger partial charge in [0.25, 0.3) is 5.56 Å². The van der Waals surface area contributed by atoms with Crippen LogP contribution in [-0.2, 0) is 11.3 Å². The number of carboxylic acid groups (broad SMARTS) is 1. The normalized spacial score (nSPS) is 13.0. The standard InChI is InChI=1S/C21H20ClN3O6/c1-21(30,20(28)29)12-25(23-19(27)17-10-18(26)24-31-17)11-13-5-7-14(8-6-13)15-3-2-4-16(22)9-15/h2-10,30H,11-12H2,1H3,(H,23,27)(H,24,26)(H,28,29)/t21-/m1/s1. The number of benzene rings is 2. The van der Waals surface area contributed by atoms with Gasteiger partial charge in [-0.3, -0.25) is 15.0 Å². The van der Waals surface area contributed by atoms with Crippen molar-refractivity contribution < 1.29 is 24.3 Å². The Bertz CT molecular complexity index is 1140. The van der Waals surface area contributed by atoms with E-state index in [4.69, 9.17) is 16.1 Å². The van der Waals surface area contributed by atoms with E-state index in [0.717, 1.165) is 29.7 Å². The number of aromatic amines is 1. The van der Waals surface area contributed by atoms with Gasteiger partial charge < -0.3 is 14.7 Å². The van der Waals surface area contributed by atoms with Crippen LogP contribution in [0.25, 0.3) is 11.1 Å². The van der Waals surface area contributed by atoms with Crippen LogP contribution in [-0.4, -0.2) is 44.4 Å². The Morgan fingerprint density at radius 2 is 1.87 bits per heavy atom. The lowest BCUT2D eigenvalue weighted by Crippen LogP contribution is -2.52. The zero-order valence-electron chi connectivity index (χ0n) is 16.5. The van der Waals surface area contributed by atoms with Crippen molar-refractivity contribution in [1.29, 1.82) is 0 Å². The van der Waals surface area contributed by atoms with E-state index in [1.54, 1.807) is 18.2 Å². The third-order valence-electron chi connectivity index (χ3n) is 4.45. The summed E-state index contributed by atoms with van der Waals surface area (Å²) in [5.41, 5.74) is 2.33. The van der Waals surface area contributed by atoms with E-state index in [1.165, 1.54) is 5.01 Å². The highest BCUT2D eigenvalue weighted by Gasteiger charge is 2.33. The van der Waals surface area contributed by atoms with Crippen LogP contribution in [0, 0.1) is 0 Å². The van der Waals surface area contributed by atoms with Crippen molar-refractivity contribution in [3.8, 4) is 11.1 Å². The highest BCUT2D eigenvalue weighted by molar-refractivity contribution is 6.30. The highest BCUT2D eigenvalue weighted by Crippen LogP contribution is 2.23. The Labute approximate surface area is 181 Å². The van der Waals surface area contributed by atoms with Crippen molar-refractivity contribution in [2.24, 2.45) is 0 Å². The quantitative estimate of drug-likeness (QED) is 0.390. The summed E-state index contributed by atoms with van der Waals surface area (Å²) >= 11 is 6.03. The second-order valence-corrected chi connectivity index (χ2v) is 7.60. The summed E-state index contributed by atoms with van der Waals surface area (Å²) in [5, 5.41) is 23.2. The van der Waals surface area contributed by atoms with E-state index in [0.29, 0.717) is 5.02 Å². The molecule has 0 radical (unpaired) electrons. The van der Waals surface area contributed by atoms with E-state index in [-0.39, 0.29) is 12.3 Å². The Kier molecular flexibility index (Phi) is 6.59. The van der Waals surface area contributed by atoms with E-state index in [1.807, 2.05) is 35.5 Å². The van der Waals surface area contributed by atoms with Gasteiger partial charge in [-0.25, -0.2) is 9.80 Å². The number of carbonyl (C=O) groups is 2. The molecule has 3 rings (SSSR count). The first-order chi connectivity index (χ1) is 14.6. The molecule has 162 valence electrons. The average molecular weight is 446 g/mol. The first kappa shape index (κ1) is 22.3. The lowest BCUT2D eigenvalue weighted by molar-refractivity contribution is -0.159. The fraction of sp³-hybridized carbons (Fsp3) is 0.190. The maximum atomic E-state index is 12.3. The number of carbonyl (C=O) groups excluding carboxylic acids is 1. The number of aliphatic hydroxyl groups is 1. The molecule has 0 fully saturated rings. The van der Waals surface area contributed by atoms with Crippen molar-refractivity contribution in [2.45, 2.75) is 19.1 Å². The highest BCUT2D eigenvalue weighted by atomic mass is 35.5. The topological polar surface area (TPSA) is 136 Å². The summed E-state index contributed by atoms with van der Waals surface area (Å²) < 4.78 is 4.76. The van der Waals surface area contributed by atoms with Crippen molar-refractivity contribution in [3.05, 3.63) is 81.3 Å². The van der Waals surface area contributed by atoms with Gasteiger partial charge in [-0.1, -0.05) is 48.0 Å². The van der Waals surface area contributed by atoms with Crippen LogP contribution in [0.5, 0.6) is 0 Å². The van der Waals surface area contributed by atoms with E-state index >= 15 is 0 Å². The minimum absolute atomic E-state index is 0.0830. The van der Waals surface area contributed by atoms with Crippen molar-refractivity contribution >= 4 is 23.5 Å². The predicted octanol–water partition coefficient (Wildman–Crippen LogP) is 2.27. The summed E-state index contributed by atoms with van der Waals surface area (Å²) in [4.78, 5) is 34.9. The van der Waals surface area contributed by atoms with Gasteiger partial charge in [0.2, 0.25) is 5.76 Å². The number of H-pyrrole nitrogens is 1. The molecule has 0 aliphatic rings. The van der Waals surface area contributed by atoms with Crippen LogP contribution >= 0.6 is 11.6 Å². The maximum absolute atomic E-state index is 12.3. The summed E-state index contributed by atoms with van der Waals surface area (Å²) in [6.45, 7) is 0.783. The van der Waals surface area contributed by atoms with Gasteiger partial charge in [0.05, 0.1) is 12.6 Å². The third kappa shape index (κ3) is 5.82. The number of nitrogens with one attached hydrogen (secondary N) is 2. The molecule has 1 amide bonds. The number of nitrogens with zero attached hydrogens (tertiary/aromatic N) is 1. The molecule has 1 atom stereocenters. The van der Waals surface area contributed by atoms with E-state index in [2.05, 4.69) is 5.43 Å². The molecule has 31 heavy (non-hydrogen) atoms. The molecule has 0 saturated carbocycles. The second kappa shape index (κ2) is 9.17. The average Bonchev–Trinajstić information content (AvgIpc) is 3.14. The molecule has 10 heteroatoms. The first-order valence-corrected chi connectivity index (χ1v) is 9.57. The lowest BCUT2D eigenvalue weighted by atomic mass is 10.0. The summed E-state index contributed by atoms with van der Waals surface area (Å²) in [6.07, 6.45) is 0. The van der Waals surface area contributed by atoms with E-state index in [9.17, 15) is 24.6 Å². The van der Waals surface area contributed by atoms with Crippen LogP contribution in [0.3, 0.4) is 0 Å². The molecule has 1 aromatic heterocycles. The van der Waals surface area contributed by atoms with Crippen molar-refractivity contribution in [1.82, 2.24) is 15.6 Å². The van der Waals surface area contributed by atoms with Crippen LogP contribution < -0.4 is 11.0 Å². The van der Waals surface area contributed by atoms with Gasteiger partial charge >= 0.3 is 11.9 Å². The minimum Gasteiger partial charge on any atom is -0.479 e. The van der Waals surface area contributed by atoms with Crippen LogP contribution in [0.1, 0.15) is 23.0 Å². The lowest BCUT2D eigenvalue weighted by Gasteiger charge is -2.28. The van der Waals surface area contributed by atoms with Gasteiger partial charge in [-0.05, 0) is 35.7 Å². The third-order valence-corrected chi connectivity index (χ3v) is 4.69. The monoisotopic (exact) mass is 445 g/mol. The Morgan fingerprint density at radius 1 is 1.16 bits per heavy atom. The molecule has 2 aromatic carbocycles. The predicted molar refractivity (Wildman–Crippen MR) is 112 cm³/mol. The largest absolute Gasteiger partial charge is 0.479 e. The molecule has 0 bridgehead atoms. The van der Waals surface area contributed by atoms with Gasteiger partial charge in [0, 0.05) is 11.6 Å². The SMILES string of the molecule is C[C@@](O)(CN(Cc1ccc(-c2cccc(Cl)c2)cc1)NC(=O)c1cc(=O)[nH]o1)C(=O)O. The zero-order chi connectivity index (χ0) is 22.6. The number of hydrazine groups is 1. The van der Waals surface area contributed by atoms with Crippen LogP contribution in [0.4, 0.5) is 0 Å². The molecule has 1 heterocycles. The molecule has 9 nitrogen and oxygen atoms in total. The number of amides is 1. The molecule has 0 aliphatic heterocycles. The zero-order valence-corrected chi connectivity index (χ0v) is 17.2. The molecule has 0 aliphatic carbocycles. The number of rotatable bonds is 8. The summed E-state index contributed by atoms with van der Waals surface area (Å²) in [5.74, 6) is -2.49. The molecule has 0 saturated heterocycles. The molecule has 0 unspecified atom stereocenters. The summed E-state index contributed by atoms with van der Waals surface area (Å²) in [6, 6.07) is 15.7. The van der Waals surface area contributed by atoms with Gasteiger partial charge in [0.1, 0.15) is 0 Å². The van der Waals surface area contributed by atoms with Gasteiger partial charge in [0.15, 0.2) is 5.60 Å². The number of aliphatic carboxylic acids is 1. The molecular formula is C21H20ClN3O6. The smallest absolute Gasteiger partial charge is 0.336 e. The number of aromatic nitrogens is 1. The number of hydrogen-bond acceptors (Lipinski definition) is 6. The van der Waals surface area contributed by atoms with Crippen molar-refractivity contribution in [3.63, 3.8) is 0 Å². The van der Waals surface area contributed by atoms with Crippen molar-refractivity contribution in [2.75, 3.05) is 6.54 Å². The number of carboxylic acids is 1. The molecule has 3 aromatic rings. The van der Waals surface area contributed by atoms with E-state index < -0.39 is 29.6 Å². The fourth-order valence-corrected chi connectivity index (χ4v) is 3.05. The molecule has 4 N–H and O–H groups in total. The minimum atomic E-state index is -2.13. The van der Waals surface area contributed by atoms with Crippen LogP contribution in [0.2, 0.25) is 5.02 Å². The van der Waals surface area contributed by atoms with Gasteiger partial charge in [-0.15, -0.1) is 0 Å². The number of halogens is 1. The summed E-state index contributed by atoms with van der Waals surface area (Å²) in [7, 11) is 0. The fourth-order valence-electron chi connectivity index (χ4n) is 2.86. The Hall–Kier alpha value is -3.40. The first-order valence-electron chi connectivity index (χ1n) is 9.19. The van der Waals surface area contributed by atoms with Gasteiger partial charge in [-0.2, -0.15) is 5.16 Å².